The van der Waals surface area contributed by atoms with Crippen molar-refractivity contribution in [2.75, 3.05) is 26.7 Å². The first-order valence-corrected chi connectivity index (χ1v) is 9.22. The van der Waals surface area contributed by atoms with Crippen molar-refractivity contribution in [3.05, 3.63) is 11.6 Å². The summed E-state index contributed by atoms with van der Waals surface area (Å²) in [6.45, 7) is 7.68. The van der Waals surface area contributed by atoms with E-state index in [9.17, 15) is 14.9 Å². The van der Waals surface area contributed by atoms with Gasteiger partial charge in [-0.1, -0.05) is 11.6 Å². The number of carbonyl (C=O) groups is 2. The third-order valence-electron chi connectivity index (χ3n) is 5.56. The van der Waals surface area contributed by atoms with Gasteiger partial charge >= 0.3 is 6.03 Å². The quantitative estimate of drug-likeness (QED) is 0.558. The van der Waals surface area contributed by atoms with E-state index in [4.69, 9.17) is 10.7 Å². The van der Waals surface area contributed by atoms with Gasteiger partial charge in [0.25, 0.3) is 5.91 Å². The number of nitrogens with two attached hydrogens (primary N) is 1. The molecule has 146 valence electrons. The van der Waals surface area contributed by atoms with E-state index in [0.29, 0.717) is 23.9 Å². The van der Waals surface area contributed by atoms with Crippen LogP contribution < -0.4 is 5.73 Å². The largest absolute Gasteiger partial charge is 0.342 e. The summed E-state index contributed by atoms with van der Waals surface area (Å²) in [7, 11) is 1.58. The molecule has 3 aliphatic rings. The Labute approximate surface area is 159 Å². The molecule has 27 heavy (non-hydrogen) atoms. The smallest absolute Gasteiger partial charge is 0.341 e. The van der Waals surface area contributed by atoms with Crippen molar-refractivity contribution >= 4 is 17.9 Å². The number of likely N-dealkylation sites (N-methyl/N-ethyl adjacent to an activating group) is 1. The van der Waals surface area contributed by atoms with Crippen molar-refractivity contribution in [2.45, 2.75) is 51.4 Å². The second-order valence-electron chi connectivity index (χ2n) is 7.81. The van der Waals surface area contributed by atoms with Crippen LogP contribution in [0.3, 0.4) is 0 Å². The van der Waals surface area contributed by atoms with Crippen LogP contribution in [0.4, 0.5) is 4.79 Å². The topological polar surface area (TPSA) is 109 Å². The van der Waals surface area contributed by atoms with Gasteiger partial charge < -0.3 is 15.5 Å². The molecule has 0 aromatic carbocycles. The second kappa shape index (κ2) is 6.85. The lowest BCUT2D eigenvalue weighted by molar-refractivity contribution is -0.137. The number of carbonyl (C=O) groups excluding carboxylic acids is 2. The molecular weight excluding hydrogens is 346 g/mol. The number of amides is 3. The Morgan fingerprint density at radius 3 is 2.74 bits per heavy atom. The Morgan fingerprint density at radius 2 is 2.15 bits per heavy atom. The van der Waals surface area contributed by atoms with Crippen LogP contribution in [0.15, 0.2) is 16.6 Å². The zero-order valence-corrected chi connectivity index (χ0v) is 16.3. The molecule has 2 saturated heterocycles. The van der Waals surface area contributed by atoms with Crippen LogP contribution in [0, 0.1) is 11.5 Å². The standard InChI is InChI=1S/C18H27N7O2/c1-12(2)7-9-24-14-15(26)25(11-19)17(27)22(4)18(14,3)21-16(24)23-8-5-6-13(20)10-23/h7,13-14H,5-6,8-10,20H2,1-4H3. The van der Waals surface area contributed by atoms with Crippen LogP contribution in [0.5, 0.6) is 0 Å². The first-order chi connectivity index (χ1) is 12.7. The number of fused-ring (bicyclic) bond motifs is 1. The zero-order chi connectivity index (χ0) is 19.9. The summed E-state index contributed by atoms with van der Waals surface area (Å²) < 4.78 is 0. The van der Waals surface area contributed by atoms with Crippen LogP contribution >= 0.6 is 0 Å². The number of piperidine rings is 1. The van der Waals surface area contributed by atoms with Crippen molar-refractivity contribution < 1.29 is 9.59 Å². The van der Waals surface area contributed by atoms with E-state index >= 15 is 0 Å². The molecule has 9 nitrogen and oxygen atoms in total. The minimum Gasteiger partial charge on any atom is -0.341 e. The molecular formula is C18H27N7O2. The number of imide groups is 1. The Kier molecular flexibility index (Phi) is 4.86. The fourth-order valence-corrected chi connectivity index (χ4v) is 3.93. The number of aliphatic imine (C=N–C) groups is 1. The number of urea groups is 1. The Balaban J connectivity index is 2.05. The van der Waals surface area contributed by atoms with E-state index in [2.05, 4.69) is 4.90 Å². The number of likely N-dealkylation sites (tertiary alicyclic amines) is 1. The fourth-order valence-electron chi connectivity index (χ4n) is 3.93. The summed E-state index contributed by atoms with van der Waals surface area (Å²) in [6.07, 6.45) is 5.64. The monoisotopic (exact) mass is 373 g/mol. The van der Waals surface area contributed by atoms with E-state index in [1.54, 1.807) is 20.2 Å². The van der Waals surface area contributed by atoms with Gasteiger partial charge in [-0.25, -0.2) is 9.79 Å². The fraction of sp³-hybridized carbons (Fsp3) is 0.667. The SMILES string of the molecule is CC(C)=CCN1C(N2CCCC(N)C2)=NC2(C)C1C(=O)N(C#N)C(=O)N2C. The number of guanidine groups is 1. The maximum atomic E-state index is 13.0. The van der Waals surface area contributed by atoms with Gasteiger partial charge in [0.15, 0.2) is 23.9 Å². The van der Waals surface area contributed by atoms with Crippen molar-refractivity contribution in [2.24, 2.45) is 10.7 Å². The Bertz CT molecular complexity index is 751. The highest BCUT2D eigenvalue weighted by atomic mass is 16.2. The number of allylic oxidation sites excluding steroid dienone is 1. The molecule has 0 bridgehead atoms. The van der Waals surface area contributed by atoms with E-state index in [1.165, 1.54) is 4.90 Å². The molecule has 0 aromatic rings. The maximum Gasteiger partial charge on any atom is 0.342 e. The highest BCUT2D eigenvalue weighted by Crippen LogP contribution is 2.37. The summed E-state index contributed by atoms with van der Waals surface area (Å²) in [5.74, 6) is 0.133. The Hall–Kier alpha value is -2.60. The van der Waals surface area contributed by atoms with Crippen molar-refractivity contribution in [3.8, 4) is 6.19 Å². The van der Waals surface area contributed by atoms with Gasteiger partial charge in [0.05, 0.1) is 0 Å². The average Bonchev–Trinajstić information content (AvgIpc) is 2.93. The number of hydrogen-bond acceptors (Lipinski definition) is 7. The van der Waals surface area contributed by atoms with Gasteiger partial charge in [0, 0.05) is 32.7 Å². The average molecular weight is 373 g/mol. The highest BCUT2D eigenvalue weighted by molar-refractivity contribution is 6.06. The third kappa shape index (κ3) is 3.04. The number of hydrogen-bond donors (Lipinski definition) is 1. The van der Waals surface area contributed by atoms with Crippen LogP contribution in [0.2, 0.25) is 0 Å². The minimum atomic E-state index is -1.06. The van der Waals surface area contributed by atoms with E-state index < -0.39 is 23.6 Å². The van der Waals surface area contributed by atoms with Gasteiger partial charge in [0.1, 0.15) is 0 Å². The molecule has 3 heterocycles. The molecule has 9 heteroatoms. The predicted octanol–water partition coefficient (Wildman–Crippen LogP) is 0.507. The van der Waals surface area contributed by atoms with E-state index in [-0.39, 0.29) is 6.04 Å². The maximum absolute atomic E-state index is 13.0. The molecule has 0 saturated carbocycles. The van der Waals surface area contributed by atoms with Crippen LogP contribution in [0.25, 0.3) is 0 Å². The molecule has 3 unspecified atom stereocenters. The highest BCUT2D eigenvalue weighted by Gasteiger charge is 2.60. The summed E-state index contributed by atoms with van der Waals surface area (Å²) in [4.78, 5) is 36.4. The van der Waals surface area contributed by atoms with Crippen molar-refractivity contribution in [1.29, 1.82) is 5.26 Å². The first kappa shape index (κ1) is 19.2. The molecule has 3 rings (SSSR count). The number of nitriles is 1. The third-order valence-corrected chi connectivity index (χ3v) is 5.56. The summed E-state index contributed by atoms with van der Waals surface area (Å²) in [5.41, 5.74) is 6.20. The lowest BCUT2D eigenvalue weighted by atomic mass is 9.97. The normalized spacial score (nSPS) is 30.9. The van der Waals surface area contributed by atoms with Gasteiger partial charge in [0.2, 0.25) is 0 Å². The summed E-state index contributed by atoms with van der Waals surface area (Å²) in [6, 6.07) is -1.35. The van der Waals surface area contributed by atoms with Crippen LogP contribution in [-0.4, -0.2) is 81.9 Å². The molecule has 2 N–H and O–H groups in total. The molecule has 3 atom stereocenters. The molecule has 0 aromatic heterocycles. The zero-order valence-electron chi connectivity index (χ0n) is 16.3. The van der Waals surface area contributed by atoms with Crippen molar-refractivity contribution in [3.63, 3.8) is 0 Å². The molecule has 0 spiro atoms. The van der Waals surface area contributed by atoms with Gasteiger partial charge in [-0.15, -0.1) is 0 Å². The van der Waals surface area contributed by atoms with Crippen molar-refractivity contribution in [1.82, 2.24) is 19.6 Å². The molecule has 0 radical (unpaired) electrons. The lowest BCUT2D eigenvalue weighted by Crippen LogP contribution is -2.69. The van der Waals surface area contributed by atoms with Gasteiger partial charge in [-0.2, -0.15) is 10.2 Å². The molecule has 3 aliphatic heterocycles. The van der Waals surface area contributed by atoms with Crippen LogP contribution in [0.1, 0.15) is 33.6 Å². The summed E-state index contributed by atoms with van der Waals surface area (Å²) >= 11 is 0. The summed E-state index contributed by atoms with van der Waals surface area (Å²) in [5, 5.41) is 9.32. The van der Waals surface area contributed by atoms with Gasteiger partial charge in [-0.3, -0.25) is 9.69 Å². The van der Waals surface area contributed by atoms with Crippen LogP contribution in [-0.2, 0) is 4.79 Å². The number of rotatable bonds is 2. The predicted molar refractivity (Wildman–Crippen MR) is 100 cm³/mol. The first-order valence-electron chi connectivity index (χ1n) is 9.22. The van der Waals surface area contributed by atoms with Gasteiger partial charge in [-0.05, 0) is 33.6 Å². The van der Waals surface area contributed by atoms with E-state index in [0.717, 1.165) is 25.0 Å². The second-order valence-corrected chi connectivity index (χ2v) is 7.81. The molecule has 3 amide bonds. The molecule has 2 fully saturated rings. The minimum absolute atomic E-state index is 0.0489. The Morgan fingerprint density at radius 1 is 1.44 bits per heavy atom. The van der Waals surface area contributed by atoms with E-state index in [1.807, 2.05) is 24.8 Å². The molecule has 0 aliphatic carbocycles. The lowest BCUT2D eigenvalue weighted by Gasteiger charge is -2.45. The number of nitrogens with zero attached hydrogens (tertiary/aromatic N) is 6.